The lowest BCUT2D eigenvalue weighted by Gasteiger charge is -2.35. The largest absolute Gasteiger partial charge is 0.407 e. The maximum Gasteiger partial charge on any atom is 0.407 e. The first-order valence-electron chi connectivity index (χ1n) is 12.2. The Morgan fingerprint density at radius 2 is 1.20 bits per heavy atom. The minimum Gasteiger partial charge on any atom is -0.388 e. The number of benzene rings is 2. The van der Waals surface area contributed by atoms with Gasteiger partial charge >= 0.3 is 8.56 Å². The van der Waals surface area contributed by atoms with Gasteiger partial charge in [0, 0.05) is 12.7 Å². The molecule has 0 aromatic heterocycles. The first-order valence-corrected chi connectivity index (χ1v) is 14.0. The molecule has 2 rings (SSSR count). The van der Waals surface area contributed by atoms with Crippen LogP contribution in [0.2, 0.25) is 0 Å². The van der Waals surface area contributed by atoms with Crippen molar-refractivity contribution in [3.05, 3.63) is 60.7 Å². The van der Waals surface area contributed by atoms with Crippen LogP contribution in [0.25, 0.3) is 0 Å². The summed E-state index contributed by atoms with van der Waals surface area (Å²) in [4.78, 5) is 0. The van der Waals surface area contributed by atoms with Gasteiger partial charge in [0.25, 0.3) is 0 Å². The Balaban J connectivity index is 2.19. The van der Waals surface area contributed by atoms with Gasteiger partial charge in [-0.05, 0) is 29.6 Å². The summed E-state index contributed by atoms with van der Waals surface area (Å²) in [6.45, 7) is 7.51. The maximum absolute atomic E-state index is 6.98. The van der Waals surface area contributed by atoms with Gasteiger partial charge in [-0.2, -0.15) is 0 Å². The van der Waals surface area contributed by atoms with Crippen LogP contribution in [-0.2, 0) is 8.85 Å². The summed E-state index contributed by atoms with van der Waals surface area (Å²) in [7, 11) is -2.75. The van der Waals surface area contributed by atoms with Crippen molar-refractivity contribution in [2.75, 3.05) is 6.61 Å². The van der Waals surface area contributed by atoms with Gasteiger partial charge < -0.3 is 8.85 Å². The van der Waals surface area contributed by atoms with Crippen molar-refractivity contribution >= 4 is 18.9 Å². The monoisotopic (exact) mass is 426 g/mol. The summed E-state index contributed by atoms with van der Waals surface area (Å²) in [6.07, 6.45) is 12.5. The molecule has 1 unspecified atom stereocenters. The minimum absolute atomic E-state index is 0.233. The van der Waals surface area contributed by atoms with Crippen molar-refractivity contribution < 1.29 is 8.85 Å². The second-order valence-corrected chi connectivity index (χ2v) is 11.2. The molecule has 30 heavy (non-hydrogen) atoms. The minimum atomic E-state index is -2.75. The van der Waals surface area contributed by atoms with Crippen LogP contribution in [0.1, 0.15) is 85.0 Å². The number of unbranched alkanes of at least 4 members (excludes halogenated alkanes) is 6. The molecule has 0 spiro atoms. The van der Waals surface area contributed by atoms with E-state index in [0.29, 0.717) is 0 Å². The third-order valence-corrected chi connectivity index (χ3v) is 9.22. The Morgan fingerprint density at radius 1 is 0.667 bits per heavy atom. The van der Waals surface area contributed by atoms with Gasteiger partial charge in [0.15, 0.2) is 0 Å². The molecule has 2 nitrogen and oxygen atoms in total. The Labute approximate surface area is 186 Å². The summed E-state index contributed by atoms with van der Waals surface area (Å²) < 4.78 is 13.8. The highest BCUT2D eigenvalue weighted by Gasteiger charge is 2.44. The topological polar surface area (TPSA) is 18.5 Å². The van der Waals surface area contributed by atoms with E-state index < -0.39 is 8.56 Å². The van der Waals surface area contributed by atoms with Crippen LogP contribution in [0.3, 0.4) is 0 Å². The van der Waals surface area contributed by atoms with Gasteiger partial charge in [0.1, 0.15) is 0 Å². The Kier molecular flexibility index (Phi) is 12.1. The zero-order chi connectivity index (χ0) is 21.5. The van der Waals surface area contributed by atoms with E-state index in [9.17, 15) is 0 Å². The van der Waals surface area contributed by atoms with Crippen molar-refractivity contribution in [1.29, 1.82) is 0 Å². The quantitative estimate of drug-likeness (QED) is 0.222. The average Bonchev–Trinajstić information content (AvgIpc) is 2.80. The summed E-state index contributed by atoms with van der Waals surface area (Å²) in [5.41, 5.74) is 0. The third kappa shape index (κ3) is 7.68. The van der Waals surface area contributed by atoms with E-state index in [-0.39, 0.29) is 6.10 Å². The second-order valence-electron chi connectivity index (χ2n) is 8.26. The standard InChI is InChI=1S/C27H42O2Si/c1-4-7-8-9-10-11-18-24-28-30(26-20-14-12-15-21-26,27-22-16-13-17-23-27)29-25(6-3)19-5-2/h12-17,20-23,25H,4-11,18-19,24H2,1-3H3. The molecule has 0 heterocycles. The molecule has 0 aliphatic carbocycles. The lowest BCUT2D eigenvalue weighted by molar-refractivity contribution is 0.119. The van der Waals surface area contributed by atoms with Crippen molar-refractivity contribution in [3.63, 3.8) is 0 Å². The summed E-state index contributed by atoms with van der Waals surface area (Å²) in [5, 5.41) is 2.43. The second kappa shape index (κ2) is 14.6. The predicted molar refractivity (Wildman–Crippen MR) is 132 cm³/mol. The zero-order valence-electron chi connectivity index (χ0n) is 19.4. The summed E-state index contributed by atoms with van der Waals surface area (Å²) in [5.74, 6) is 0. The molecule has 2 aromatic rings. The lowest BCUT2D eigenvalue weighted by Crippen LogP contribution is -2.64. The molecule has 0 saturated heterocycles. The van der Waals surface area contributed by atoms with Crippen LogP contribution >= 0.6 is 0 Å². The highest BCUT2D eigenvalue weighted by molar-refractivity contribution is 6.92. The fraction of sp³-hybridized carbons (Fsp3) is 0.556. The van der Waals surface area contributed by atoms with Crippen molar-refractivity contribution in [2.24, 2.45) is 0 Å². The molecule has 0 saturated carbocycles. The van der Waals surface area contributed by atoms with E-state index in [2.05, 4.69) is 81.4 Å². The van der Waals surface area contributed by atoms with E-state index in [1.807, 2.05) is 0 Å². The van der Waals surface area contributed by atoms with Gasteiger partial charge in [-0.25, -0.2) is 0 Å². The van der Waals surface area contributed by atoms with Crippen LogP contribution in [0, 0.1) is 0 Å². The zero-order valence-corrected chi connectivity index (χ0v) is 20.4. The highest BCUT2D eigenvalue weighted by Crippen LogP contribution is 2.18. The third-order valence-electron chi connectivity index (χ3n) is 5.76. The molecule has 0 fully saturated rings. The average molecular weight is 427 g/mol. The van der Waals surface area contributed by atoms with Crippen molar-refractivity contribution in [2.45, 2.75) is 91.1 Å². The van der Waals surface area contributed by atoms with Crippen molar-refractivity contribution in [3.8, 4) is 0 Å². The molecule has 3 heteroatoms. The van der Waals surface area contributed by atoms with Gasteiger partial charge in [-0.15, -0.1) is 0 Å². The lowest BCUT2D eigenvalue weighted by atomic mass is 10.1. The normalized spacial score (nSPS) is 12.8. The van der Waals surface area contributed by atoms with E-state index in [0.717, 1.165) is 32.3 Å². The molecule has 0 amide bonds. The van der Waals surface area contributed by atoms with E-state index >= 15 is 0 Å². The molecule has 0 radical (unpaired) electrons. The van der Waals surface area contributed by atoms with E-state index in [1.54, 1.807) is 0 Å². The van der Waals surface area contributed by atoms with Crippen LogP contribution in [0.5, 0.6) is 0 Å². The molecular formula is C27H42O2Si. The highest BCUT2D eigenvalue weighted by atomic mass is 28.4. The van der Waals surface area contributed by atoms with Gasteiger partial charge in [-0.1, -0.05) is 126 Å². The Hall–Kier alpha value is -1.42. The van der Waals surface area contributed by atoms with Crippen LogP contribution in [0.4, 0.5) is 0 Å². The summed E-state index contributed by atoms with van der Waals surface area (Å²) in [6, 6.07) is 21.4. The van der Waals surface area contributed by atoms with E-state index in [4.69, 9.17) is 8.85 Å². The van der Waals surface area contributed by atoms with Crippen LogP contribution < -0.4 is 10.4 Å². The fourth-order valence-corrected chi connectivity index (χ4v) is 7.45. The van der Waals surface area contributed by atoms with Gasteiger partial charge in [-0.3, -0.25) is 0 Å². The SMILES string of the molecule is CCCCCCCCCO[Si](OC(CC)CCC)(c1ccccc1)c1ccccc1. The maximum atomic E-state index is 6.98. The van der Waals surface area contributed by atoms with Gasteiger partial charge in [0.05, 0.1) is 0 Å². The molecular weight excluding hydrogens is 384 g/mol. The Bertz CT molecular complexity index is 620. The van der Waals surface area contributed by atoms with E-state index in [1.165, 1.54) is 48.9 Å². The Morgan fingerprint density at radius 3 is 1.70 bits per heavy atom. The molecule has 0 aliphatic rings. The molecule has 2 aromatic carbocycles. The smallest absolute Gasteiger partial charge is 0.388 e. The van der Waals surface area contributed by atoms with Crippen LogP contribution in [0.15, 0.2) is 60.7 Å². The van der Waals surface area contributed by atoms with Gasteiger partial charge in [0.2, 0.25) is 0 Å². The molecule has 0 aliphatic heterocycles. The number of hydrogen-bond acceptors (Lipinski definition) is 2. The molecule has 1 atom stereocenters. The summed E-state index contributed by atoms with van der Waals surface area (Å²) >= 11 is 0. The molecule has 0 N–H and O–H groups in total. The van der Waals surface area contributed by atoms with Crippen LogP contribution in [-0.4, -0.2) is 21.3 Å². The molecule has 166 valence electrons. The fourth-order valence-electron chi connectivity index (χ4n) is 4.00. The number of hydrogen-bond donors (Lipinski definition) is 0. The van der Waals surface area contributed by atoms with Crippen molar-refractivity contribution in [1.82, 2.24) is 0 Å². The number of rotatable bonds is 16. The molecule has 0 bridgehead atoms. The first kappa shape index (κ1) is 24.8. The predicted octanol–water partition coefficient (Wildman–Crippen LogP) is 6.61. The first-order chi connectivity index (χ1) is 14.8.